The number of nitrogens with zero attached hydrogens (tertiary/aromatic N) is 2. The molecule has 1 unspecified atom stereocenters. The molecule has 1 aromatic heterocycles. The van der Waals surface area contributed by atoms with Crippen molar-refractivity contribution in [1.29, 1.82) is 0 Å². The van der Waals surface area contributed by atoms with Crippen LogP contribution in [0.15, 0.2) is 42.6 Å². The molecule has 4 nitrogen and oxygen atoms in total. The molecular formula is C25H38N2O2. The lowest BCUT2D eigenvalue weighted by atomic mass is 9.91. The lowest BCUT2D eigenvalue weighted by Crippen LogP contribution is -2.27. The van der Waals surface area contributed by atoms with Crippen LogP contribution in [0.4, 0.5) is 0 Å². The van der Waals surface area contributed by atoms with Gasteiger partial charge in [-0.2, -0.15) is 0 Å². The SMILES string of the molecule is CC(=O)CN(C)C(C)c1ccc(C(C)(C)C)nc1.CCCc1ccc(OC)cc1. The fourth-order valence-electron chi connectivity index (χ4n) is 2.92. The molecule has 1 atom stereocenters. The zero-order valence-corrected chi connectivity index (χ0v) is 19.5. The highest BCUT2D eigenvalue weighted by atomic mass is 16.5. The monoisotopic (exact) mass is 398 g/mol. The zero-order valence-electron chi connectivity index (χ0n) is 19.5. The number of carbonyl (C=O) groups excluding carboxylic acids is 1. The molecule has 2 aromatic rings. The average Bonchev–Trinajstić information content (AvgIpc) is 2.67. The fourth-order valence-corrected chi connectivity index (χ4v) is 2.92. The van der Waals surface area contributed by atoms with Gasteiger partial charge >= 0.3 is 0 Å². The molecule has 1 aromatic carbocycles. The lowest BCUT2D eigenvalue weighted by molar-refractivity contribution is -0.118. The van der Waals surface area contributed by atoms with Gasteiger partial charge in [0.15, 0.2) is 0 Å². The third-order valence-electron chi connectivity index (χ3n) is 4.87. The summed E-state index contributed by atoms with van der Waals surface area (Å²) in [4.78, 5) is 17.7. The van der Waals surface area contributed by atoms with Gasteiger partial charge in [-0.15, -0.1) is 0 Å². The standard InChI is InChI=1S/C15H24N2O.C10H14O/c1-11(18)10-17(6)12(2)13-7-8-14(16-9-13)15(3,4)5;1-3-4-9-5-7-10(11-2)8-6-9/h7-9,12H,10H2,1-6H3;5-8H,3-4H2,1-2H3. The highest BCUT2D eigenvalue weighted by molar-refractivity contribution is 5.77. The predicted molar refractivity (Wildman–Crippen MR) is 122 cm³/mol. The van der Waals surface area contributed by atoms with Crippen molar-refractivity contribution in [3.63, 3.8) is 0 Å². The second kappa shape index (κ2) is 11.7. The molecule has 0 spiro atoms. The van der Waals surface area contributed by atoms with E-state index in [1.54, 1.807) is 14.0 Å². The molecule has 0 fully saturated rings. The van der Waals surface area contributed by atoms with Gasteiger partial charge in [0.1, 0.15) is 11.5 Å². The van der Waals surface area contributed by atoms with Crippen molar-refractivity contribution in [2.75, 3.05) is 20.7 Å². The Hall–Kier alpha value is -2.20. The molecule has 160 valence electrons. The summed E-state index contributed by atoms with van der Waals surface area (Å²) in [6.45, 7) is 12.8. The van der Waals surface area contributed by atoms with Gasteiger partial charge in [0, 0.05) is 23.3 Å². The Kier molecular flexibility index (Phi) is 10.0. The highest BCUT2D eigenvalue weighted by Gasteiger charge is 2.17. The van der Waals surface area contributed by atoms with Gasteiger partial charge in [-0.1, -0.05) is 52.3 Å². The first-order valence-corrected chi connectivity index (χ1v) is 10.4. The summed E-state index contributed by atoms with van der Waals surface area (Å²) in [5, 5.41) is 0. The second-order valence-electron chi connectivity index (χ2n) is 8.62. The van der Waals surface area contributed by atoms with Crippen LogP contribution in [0.5, 0.6) is 5.75 Å². The number of hydrogen-bond acceptors (Lipinski definition) is 4. The summed E-state index contributed by atoms with van der Waals surface area (Å²) < 4.78 is 5.05. The van der Waals surface area contributed by atoms with Gasteiger partial charge in [0.05, 0.1) is 13.7 Å². The summed E-state index contributed by atoms with van der Waals surface area (Å²) in [7, 11) is 3.65. The minimum absolute atomic E-state index is 0.0764. The molecule has 0 radical (unpaired) electrons. The van der Waals surface area contributed by atoms with Gasteiger partial charge in [-0.05, 0) is 56.6 Å². The van der Waals surface area contributed by atoms with Crippen molar-refractivity contribution in [1.82, 2.24) is 9.88 Å². The van der Waals surface area contributed by atoms with Gasteiger partial charge < -0.3 is 4.74 Å². The number of methoxy groups -OCH3 is 1. The van der Waals surface area contributed by atoms with E-state index in [0.29, 0.717) is 6.54 Å². The lowest BCUT2D eigenvalue weighted by Gasteiger charge is -2.24. The Balaban J connectivity index is 0.000000326. The van der Waals surface area contributed by atoms with E-state index in [9.17, 15) is 4.79 Å². The van der Waals surface area contributed by atoms with Crippen LogP contribution in [0.2, 0.25) is 0 Å². The number of rotatable bonds is 7. The average molecular weight is 399 g/mol. The van der Waals surface area contributed by atoms with E-state index in [1.807, 2.05) is 30.3 Å². The first-order chi connectivity index (χ1) is 13.6. The summed E-state index contributed by atoms with van der Waals surface area (Å²) in [5.41, 5.74) is 3.69. The molecule has 0 saturated heterocycles. The fraction of sp³-hybridized carbons (Fsp3) is 0.520. The highest BCUT2D eigenvalue weighted by Crippen LogP contribution is 2.23. The largest absolute Gasteiger partial charge is 0.497 e. The molecule has 0 aliphatic rings. The van der Waals surface area contributed by atoms with Crippen LogP contribution >= 0.6 is 0 Å². The van der Waals surface area contributed by atoms with Crippen molar-refractivity contribution in [2.24, 2.45) is 0 Å². The number of carbonyl (C=O) groups is 1. The van der Waals surface area contributed by atoms with E-state index < -0.39 is 0 Å². The van der Waals surface area contributed by atoms with Crippen LogP contribution in [0.3, 0.4) is 0 Å². The van der Waals surface area contributed by atoms with E-state index in [1.165, 1.54) is 12.0 Å². The minimum Gasteiger partial charge on any atom is -0.497 e. The van der Waals surface area contributed by atoms with E-state index in [-0.39, 0.29) is 17.2 Å². The zero-order chi connectivity index (χ0) is 22.0. The van der Waals surface area contributed by atoms with E-state index in [4.69, 9.17) is 4.74 Å². The topological polar surface area (TPSA) is 42.4 Å². The molecule has 1 heterocycles. The van der Waals surface area contributed by atoms with Crippen LogP contribution in [-0.2, 0) is 16.6 Å². The summed E-state index contributed by atoms with van der Waals surface area (Å²) in [6, 6.07) is 12.6. The van der Waals surface area contributed by atoms with Crippen LogP contribution in [0, 0.1) is 0 Å². The van der Waals surface area contributed by atoms with Gasteiger partial charge in [0.25, 0.3) is 0 Å². The van der Waals surface area contributed by atoms with Crippen molar-refractivity contribution in [3.05, 3.63) is 59.4 Å². The molecule has 2 rings (SSSR count). The molecule has 0 saturated carbocycles. The van der Waals surface area contributed by atoms with Crippen molar-refractivity contribution < 1.29 is 9.53 Å². The van der Waals surface area contributed by atoms with Crippen molar-refractivity contribution in [2.45, 2.75) is 65.8 Å². The minimum atomic E-state index is 0.0764. The molecule has 0 N–H and O–H groups in total. The molecule has 0 bridgehead atoms. The van der Waals surface area contributed by atoms with E-state index in [2.05, 4.69) is 63.9 Å². The Bertz CT molecular complexity index is 731. The first-order valence-electron chi connectivity index (χ1n) is 10.4. The number of Topliss-reactive ketones (excluding diaryl/α,β-unsaturated/α-hetero) is 1. The number of ether oxygens (including phenoxy) is 1. The Morgan fingerprint density at radius 1 is 1.14 bits per heavy atom. The predicted octanol–water partition coefficient (Wildman–Crippen LogP) is 5.61. The number of hydrogen-bond donors (Lipinski definition) is 0. The second-order valence-corrected chi connectivity index (χ2v) is 8.62. The third kappa shape index (κ3) is 8.78. The van der Waals surface area contributed by atoms with E-state index >= 15 is 0 Å². The molecule has 0 aliphatic carbocycles. The smallest absolute Gasteiger partial charge is 0.143 e. The van der Waals surface area contributed by atoms with Crippen molar-refractivity contribution >= 4 is 5.78 Å². The maximum absolute atomic E-state index is 11.1. The van der Waals surface area contributed by atoms with Crippen LogP contribution in [0.25, 0.3) is 0 Å². The van der Waals surface area contributed by atoms with Crippen LogP contribution in [0.1, 0.15) is 70.8 Å². The van der Waals surface area contributed by atoms with Gasteiger partial charge in [-0.3, -0.25) is 14.7 Å². The molecule has 0 amide bonds. The van der Waals surface area contributed by atoms with Crippen LogP contribution < -0.4 is 4.74 Å². The third-order valence-corrected chi connectivity index (χ3v) is 4.87. The van der Waals surface area contributed by atoms with Crippen LogP contribution in [-0.4, -0.2) is 36.4 Å². The Morgan fingerprint density at radius 3 is 2.17 bits per heavy atom. The number of ketones is 1. The van der Waals surface area contributed by atoms with Gasteiger partial charge in [0.2, 0.25) is 0 Å². The normalized spacial score (nSPS) is 12.2. The Labute approximate surface area is 177 Å². The quantitative estimate of drug-likeness (QED) is 0.608. The molecule has 0 aliphatic heterocycles. The maximum atomic E-state index is 11.1. The maximum Gasteiger partial charge on any atom is 0.143 e. The van der Waals surface area contributed by atoms with E-state index in [0.717, 1.165) is 23.4 Å². The summed E-state index contributed by atoms with van der Waals surface area (Å²) in [5.74, 6) is 1.12. The number of pyridine rings is 1. The number of benzene rings is 1. The molecule has 4 heteroatoms. The summed E-state index contributed by atoms with van der Waals surface area (Å²) in [6.07, 6.45) is 4.28. The number of likely N-dealkylation sites (N-methyl/N-ethyl adjacent to an activating group) is 1. The molecular weight excluding hydrogens is 360 g/mol. The van der Waals surface area contributed by atoms with Crippen molar-refractivity contribution in [3.8, 4) is 5.75 Å². The first kappa shape index (κ1) is 24.8. The summed E-state index contributed by atoms with van der Waals surface area (Å²) >= 11 is 0. The Morgan fingerprint density at radius 2 is 1.76 bits per heavy atom. The van der Waals surface area contributed by atoms with Gasteiger partial charge in [-0.25, -0.2) is 0 Å². The number of aryl methyl sites for hydroxylation is 1. The number of aromatic nitrogens is 1. The molecule has 29 heavy (non-hydrogen) atoms.